The van der Waals surface area contributed by atoms with Crippen molar-refractivity contribution in [3.05, 3.63) is 11.1 Å². The van der Waals surface area contributed by atoms with E-state index in [-0.39, 0.29) is 11.8 Å². The summed E-state index contributed by atoms with van der Waals surface area (Å²) in [6.45, 7) is 5.85. The molecular formula is C14H24N2O2S. The average molecular weight is 284 g/mol. The molecule has 1 amide bonds. The van der Waals surface area contributed by atoms with Crippen molar-refractivity contribution in [3.8, 4) is 0 Å². The van der Waals surface area contributed by atoms with E-state index in [1.807, 2.05) is 13.8 Å². The summed E-state index contributed by atoms with van der Waals surface area (Å²) in [6.07, 6.45) is 6.56. The highest BCUT2D eigenvalue weighted by Crippen LogP contribution is 2.28. The molecule has 0 unspecified atom stereocenters. The van der Waals surface area contributed by atoms with E-state index in [1.54, 1.807) is 6.20 Å². The number of carbonyl (C=O) groups excluding carboxylic acids is 1. The van der Waals surface area contributed by atoms with Crippen molar-refractivity contribution in [2.45, 2.75) is 59.0 Å². The summed E-state index contributed by atoms with van der Waals surface area (Å²) >= 11 is 1.36. The Labute approximate surface area is 119 Å². The molecule has 0 spiro atoms. The third kappa shape index (κ3) is 5.70. The smallest absolute Gasteiger partial charge is 0.228 e. The first-order valence-electron chi connectivity index (χ1n) is 6.99. The summed E-state index contributed by atoms with van der Waals surface area (Å²) in [4.78, 5) is 16.5. The maximum absolute atomic E-state index is 11.5. The molecule has 1 aromatic heterocycles. The fraction of sp³-hybridized carbons (Fsp3) is 0.714. The van der Waals surface area contributed by atoms with Crippen LogP contribution in [0.4, 0.5) is 5.13 Å². The lowest BCUT2D eigenvalue weighted by atomic mass is 10.1. The highest BCUT2D eigenvalue weighted by atomic mass is 32.1. The number of aliphatic hydroxyl groups is 1. The number of hydrogen-bond acceptors (Lipinski definition) is 4. The lowest BCUT2D eigenvalue weighted by Crippen LogP contribution is -2.17. The lowest BCUT2D eigenvalue weighted by molar-refractivity contribution is -0.118. The van der Waals surface area contributed by atoms with Gasteiger partial charge in [0.15, 0.2) is 5.13 Å². The van der Waals surface area contributed by atoms with E-state index in [0.29, 0.717) is 5.13 Å². The molecule has 1 rings (SSSR count). The van der Waals surface area contributed by atoms with Crippen LogP contribution >= 0.6 is 11.3 Å². The molecule has 0 fully saturated rings. The number of carbonyl (C=O) groups is 1. The molecule has 2 N–H and O–H groups in total. The Morgan fingerprint density at radius 1 is 1.42 bits per heavy atom. The molecule has 0 aliphatic heterocycles. The molecule has 0 bridgehead atoms. The first-order valence-corrected chi connectivity index (χ1v) is 7.80. The summed E-state index contributed by atoms with van der Waals surface area (Å²) in [5, 5.41) is 13.4. The van der Waals surface area contributed by atoms with Crippen LogP contribution in [0.5, 0.6) is 0 Å². The van der Waals surface area contributed by atoms with Gasteiger partial charge < -0.3 is 10.4 Å². The molecule has 1 aromatic rings. The quantitative estimate of drug-likeness (QED) is 0.715. The van der Waals surface area contributed by atoms with E-state index < -0.39 is 6.10 Å². The van der Waals surface area contributed by atoms with Gasteiger partial charge in [-0.15, -0.1) is 0 Å². The summed E-state index contributed by atoms with van der Waals surface area (Å²) < 4.78 is 0. The molecule has 0 radical (unpaired) electrons. The van der Waals surface area contributed by atoms with E-state index in [4.69, 9.17) is 0 Å². The zero-order valence-electron chi connectivity index (χ0n) is 12.0. The zero-order valence-corrected chi connectivity index (χ0v) is 12.8. The van der Waals surface area contributed by atoms with Crippen molar-refractivity contribution in [3.63, 3.8) is 0 Å². The summed E-state index contributed by atoms with van der Waals surface area (Å²) in [5.41, 5.74) is 0. The number of thiazole rings is 1. The van der Waals surface area contributed by atoms with Crippen molar-refractivity contribution in [2.75, 3.05) is 5.32 Å². The van der Waals surface area contributed by atoms with E-state index in [1.165, 1.54) is 24.2 Å². The highest BCUT2D eigenvalue weighted by Gasteiger charge is 2.14. The van der Waals surface area contributed by atoms with Crippen LogP contribution in [0.15, 0.2) is 6.20 Å². The van der Waals surface area contributed by atoms with Gasteiger partial charge in [-0.1, -0.05) is 57.8 Å². The molecule has 0 aliphatic carbocycles. The molecule has 108 valence electrons. The van der Waals surface area contributed by atoms with E-state index in [2.05, 4.69) is 17.2 Å². The largest absolute Gasteiger partial charge is 0.388 e. The second-order valence-electron chi connectivity index (χ2n) is 5.08. The predicted octanol–water partition coefficient (Wildman–Crippen LogP) is 3.74. The molecule has 4 nitrogen and oxygen atoms in total. The number of aromatic nitrogens is 1. The van der Waals surface area contributed by atoms with Crippen molar-refractivity contribution < 1.29 is 9.90 Å². The average Bonchev–Trinajstić information content (AvgIpc) is 2.82. The minimum atomic E-state index is -0.459. The monoisotopic (exact) mass is 284 g/mol. The first kappa shape index (κ1) is 16.1. The van der Waals surface area contributed by atoms with E-state index in [9.17, 15) is 9.90 Å². The zero-order chi connectivity index (χ0) is 14.3. The molecule has 5 heteroatoms. The van der Waals surface area contributed by atoms with Gasteiger partial charge in [0.1, 0.15) is 0 Å². The Morgan fingerprint density at radius 3 is 2.79 bits per heavy atom. The Kier molecular flexibility index (Phi) is 7.02. The minimum Gasteiger partial charge on any atom is -0.388 e. The van der Waals surface area contributed by atoms with Gasteiger partial charge in [0, 0.05) is 12.1 Å². The van der Waals surface area contributed by atoms with Gasteiger partial charge in [0.2, 0.25) is 5.91 Å². The number of hydrogen-bond donors (Lipinski definition) is 2. The highest BCUT2D eigenvalue weighted by molar-refractivity contribution is 7.15. The number of anilines is 1. The molecular weight excluding hydrogens is 260 g/mol. The van der Waals surface area contributed by atoms with Crippen molar-refractivity contribution in [2.24, 2.45) is 5.92 Å². The standard InChI is InChI=1S/C14H24N2O2S/c1-4-5-6-7-8-11(17)12-9-15-14(19-12)16-13(18)10(2)3/h9-11,17H,4-8H2,1-3H3,(H,15,16,18)/t11-/m0/s1. The van der Waals surface area contributed by atoms with Gasteiger partial charge >= 0.3 is 0 Å². The number of nitrogens with one attached hydrogen (secondary N) is 1. The molecule has 0 saturated heterocycles. The third-order valence-electron chi connectivity index (χ3n) is 2.94. The van der Waals surface area contributed by atoms with Crippen LogP contribution < -0.4 is 5.32 Å². The summed E-state index contributed by atoms with van der Waals surface area (Å²) in [5.74, 6) is -0.107. The summed E-state index contributed by atoms with van der Waals surface area (Å²) in [7, 11) is 0. The number of unbranched alkanes of at least 4 members (excludes halogenated alkanes) is 3. The van der Waals surface area contributed by atoms with Gasteiger partial charge in [0.25, 0.3) is 0 Å². The number of amides is 1. The van der Waals surface area contributed by atoms with Crippen LogP contribution in [0.25, 0.3) is 0 Å². The number of rotatable bonds is 8. The Morgan fingerprint density at radius 2 is 2.16 bits per heavy atom. The van der Waals surface area contributed by atoms with Crippen LogP contribution in [0, 0.1) is 5.92 Å². The molecule has 0 aliphatic rings. The fourth-order valence-electron chi connectivity index (χ4n) is 1.65. The Bertz CT molecular complexity index is 391. The van der Waals surface area contributed by atoms with Crippen LogP contribution in [-0.2, 0) is 4.79 Å². The molecule has 1 atom stereocenters. The second kappa shape index (κ2) is 8.27. The minimum absolute atomic E-state index is 0.0432. The van der Waals surface area contributed by atoms with Crippen molar-refractivity contribution >= 4 is 22.4 Å². The number of nitrogens with zero attached hydrogens (tertiary/aromatic N) is 1. The molecule has 19 heavy (non-hydrogen) atoms. The van der Waals surface area contributed by atoms with Crippen LogP contribution in [0.3, 0.4) is 0 Å². The Hall–Kier alpha value is -0.940. The van der Waals surface area contributed by atoms with Gasteiger partial charge in [0.05, 0.1) is 11.0 Å². The second-order valence-corrected chi connectivity index (χ2v) is 6.14. The fourth-order valence-corrected chi connectivity index (χ4v) is 2.49. The van der Waals surface area contributed by atoms with E-state index in [0.717, 1.165) is 24.1 Å². The van der Waals surface area contributed by atoms with Gasteiger partial charge in [-0.2, -0.15) is 0 Å². The van der Waals surface area contributed by atoms with Crippen molar-refractivity contribution in [1.82, 2.24) is 4.98 Å². The third-order valence-corrected chi connectivity index (χ3v) is 3.95. The lowest BCUT2D eigenvalue weighted by Gasteiger charge is -2.07. The SMILES string of the molecule is CCCCCC[C@H](O)c1cnc(NC(=O)C(C)C)s1. The maximum Gasteiger partial charge on any atom is 0.228 e. The number of aliphatic hydroxyl groups excluding tert-OH is 1. The predicted molar refractivity (Wildman–Crippen MR) is 79.3 cm³/mol. The van der Waals surface area contributed by atoms with Gasteiger partial charge in [-0.25, -0.2) is 4.98 Å². The van der Waals surface area contributed by atoms with Crippen LogP contribution in [0.2, 0.25) is 0 Å². The van der Waals surface area contributed by atoms with Gasteiger partial charge in [-0.05, 0) is 6.42 Å². The molecule has 0 saturated carbocycles. The Balaban J connectivity index is 2.42. The molecule has 1 heterocycles. The maximum atomic E-state index is 11.5. The van der Waals surface area contributed by atoms with Crippen LogP contribution in [0.1, 0.15) is 63.9 Å². The van der Waals surface area contributed by atoms with Crippen molar-refractivity contribution in [1.29, 1.82) is 0 Å². The summed E-state index contributed by atoms with van der Waals surface area (Å²) in [6, 6.07) is 0. The normalized spacial score (nSPS) is 12.7. The van der Waals surface area contributed by atoms with E-state index >= 15 is 0 Å². The van der Waals surface area contributed by atoms with Gasteiger partial charge in [-0.3, -0.25) is 4.79 Å². The first-order chi connectivity index (χ1) is 9.04. The van der Waals surface area contributed by atoms with Crippen LogP contribution in [-0.4, -0.2) is 16.0 Å². The molecule has 0 aromatic carbocycles. The topological polar surface area (TPSA) is 62.2 Å².